The molecule has 0 unspecified atom stereocenters. The Labute approximate surface area is 236 Å². The number of hydrogen-bond acceptors (Lipinski definition) is 2. The third-order valence-electron chi connectivity index (χ3n) is 5.13. The highest BCUT2D eigenvalue weighted by atomic mass is 35.5. The summed E-state index contributed by atoms with van der Waals surface area (Å²) in [6.07, 6.45) is 9.35. The number of anilines is 1. The van der Waals surface area contributed by atoms with Crippen molar-refractivity contribution in [2.24, 2.45) is 5.73 Å². The van der Waals surface area contributed by atoms with Crippen LogP contribution in [0.1, 0.15) is 41.7 Å². The van der Waals surface area contributed by atoms with Gasteiger partial charge in [-0.25, -0.2) is 0 Å². The predicted molar refractivity (Wildman–Crippen MR) is 175 cm³/mol. The number of nitrogens with two attached hydrogens (primary N) is 1. The maximum atomic E-state index is 5.70. The molecule has 0 saturated heterocycles. The first-order chi connectivity index (χ1) is 18.2. The third kappa shape index (κ3) is 14.0. The molecule has 0 aliphatic rings. The van der Waals surface area contributed by atoms with Crippen LogP contribution in [0.4, 0.5) is 5.69 Å². The topological polar surface area (TPSA) is 38.0 Å². The van der Waals surface area contributed by atoms with E-state index in [2.05, 4.69) is 81.5 Å². The minimum atomic E-state index is 0.464. The molecular formula is C35H43ClN2. The van der Waals surface area contributed by atoms with Crippen LogP contribution in [0.15, 0.2) is 134 Å². The zero-order chi connectivity index (χ0) is 28.9. The van der Waals surface area contributed by atoms with E-state index in [1.807, 2.05) is 74.5 Å². The Bertz CT molecular complexity index is 1200. The molecule has 3 aromatic rings. The molecule has 0 fully saturated rings. The lowest BCUT2D eigenvalue weighted by atomic mass is 9.96. The van der Waals surface area contributed by atoms with Crippen molar-refractivity contribution in [3.8, 4) is 0 Å². The van der Waals surface area contributed by atoms with Gasteiger partial charge in [-0.05, 0) is 92.9 Å². The van der Waals surface area contributed by atoms with Gasteiger partial charge in [0.2, 0.25) is 0 Å². The molecule has 0 aliphatic carbocycles. The molecule has 0 amide bonds. The van der Waals surface area contributed by atoms with Crippen LogP contribution in [-0.2, 0) is 0 Å². The molecule has 0 heterocycles. The second-order valence-electron chi connectivity index (χ2n) is 8.08. The first-order valence-electron chi connectivity index (χ1n) is 12.4. The molecule has 38 heavy (non-hydrogen) atoms. The summed E-state index contributed by atoms with van der Waals surface area (Å²) in [6, 6.07) is 24.6. The Morgan fingerprint density at radius 1 is 0.789 bits per heavy atom. The molecule has 200 valence electrons. The zero-order valence-electron chi connectivity index (χ0n) is 23.6. The van der Waals surface area contributed by atoms with Crippen LogP contribution in [0.25, 0.3) is 11.6 Å². The van der Waals surface area contributed by atoms with Gasteiger partial charge in [0.15, 0.2) is 0 Å². The summed E-state index contributed by atoms with van der Waals surface area (Å²) < 4.78 is 0. The lowest BCUT2D eigenvalue weighted by Gasteiger charge is -2.11. The third-order valence-corrected chi connectivity index (χ3v) is 5.25. The molecule has 3 N–H and O–H groups in total. The Morgan fingerprint density at radius 3 is 1.79 bits per heavy atom. The van der Waals surface area contributed by atoms with Gasteiger partial charge in [0, 0.05) is 16.4 Å². The maximum Gasteiger partial charge on any atom is 0.0384 e. The summed E-state index contributed by atoms with van der Waals surface area (Å²) in [4.78, 5) is 0. The van der Waals surface area contributed by atoms with Gasteiger partial charge in [-0.15, -0.1) is 0 Å². The average molecular weight is 527 g/mol. The predicted octanol–water partition coefficient (Wildman–Crippen LogP) is 10.1. The van der Waals surface area contributed by atoms with Crippen molar-refractivity contribution in [3.63, 3.8) is 0 Å². The highest BCUT2D eigenvalue weighted by molar-refractivity contribution is 6.30. The highest BCUT2D eigenvalue weighted by Gasteiger charge is 2.05. The van der Waals surface area contributed by atoms with Crippen LogP contribution in [0, 0.1) is 13.8 Å². The quantitative estimate of drug-likeness (QED) is 0.237. The van der Waals surface area contributed by atoms with Gasteiger partial charge in [0.1, 0.15) is 0 Å². The largest absolute Gasteiger partial charge is 0.356 e. The molecule has 0 bridgehead atoms. The van der Waals surface area contributed by atoms with Gasteiger partial charge in [-0.3, -0.25) is 0 Å². The summed E-state index contributed by atoms with van der Waals surface area (Å²) >= 11 is 5.70. The molecular weight excluding hydrogens is 484 g/mol. The van der Waals surface area contributed by atoms with E-state index in [0.29, 0.717) is 5.03 Å². The van der Waals surface area contributed by atoms with E-state index >= 15 is 0 Å². The van der Waals surface area contributed by atoms with Crippen molar-refractivity contribution >= 4 is 28.9 Å². The number of halogens is 1. The summed E-state index contributed by atoms with van der Waals surface area (Å²) in [5.74, 6) is 0. The van der Waals surface area contributed by atoms with Gasteiger partial charge in [0.05, 0.1) is 0 Å². The minimum Gasteiger partial charge on any atom is -0.356 e. The van der Waals surface area contributed by atoms with Gasteiger partial charge in [0.25, 0.3) is 0 Å². The Balaban J connectivity index is 0.000000866. The fourth-order valence-electron chi connectivity index (χ4n) is 2.92. The summed E-state index contributed by atoms with van der Waals surface area (Å²) in [7, 11) is 1.50. The molecule has 3 rings (SSSR count). The van der Waals surface area contributed by atoms with Gasteiger partial charge in [-0.1, -0.05) is 116 Å². The fourth-order valence-corrected chi connectivity index (χ4v) is 2.98. The van der Waals surface area contributed by atoms with E-state index in [1.54, 1.807) is 12.2 Å². The van der Waals surface area contributed by atoms with Crippen molar-refractivity contribution in [3.05, 3.63) is 162 Å². The second-order valence-corrected chi connectivity index (χ2v) is 8.57. The smallest absolute Gasteiger partial charge is 0.0384 e. The number of nitrogens with one attached hydrogen (secondary N) is 1. The van der Waals surface area contributed by atoms with Crippen molar-refractivity contribution in [2.75, 3.05) is 12.4 Å². The molecule has 0 aliphatic heterocycles. The molecule has 0 radical (unpaired) electrons. The number of benzene rings is 3. The van der Waals surface area contributed by atoms with E-state index < -0.39 is 0 Å². The van der Waals surface area contributed by atoms with Crippen LogP contribution in [0.2, 0.25) is 0 Å². The van der Waals surface area contributed by atoms with E-state index in [9.17, 15) is 0 Å². The molecule has 0 spiro atoms. The number of hydrogen-bond donors (Lipinski definition) is 2. The molecule has 3 heteroatoms. The zero-order valence-corrected chi connectivity index (χ0v) is 24.4. The first-order valence-corrected chi connectivity index (χ1v) is 12.8. The van der Waals surface area contributed by atoms with Crippen LogP contribution in [-0.4, -0.2) is 7.05 Å². The highest BCUT2D eigenvalue weighted by Crippen LogP contribution is 2.25. The van der Waals surface area contributed by atoms with E-state index in [0.717, 1.165) is 33.6 Å². The van der Waals surface area contributed by atoms with Crippen LogP contribution < -0.4 is 11.1 Å². The second kappa shape index (κ2) is 20.2. The number of aryl methyl sites for hydroxylation is 2. The van der Waals surface area contributed by atoms with Crippen LogP contribution >= 0.6 is 11.6 Å². The Kier molecular flexibility index (Phi) is 18.2. The summed E-state index contributed by atoms with van der Waals surface area (Å²) in [5, 5.41) is 3.67. The van der Waals surface area contributed by atoms with Gasteiger partial charge < -0.3 is 11.1 Å². The summed E-state index contributed by atoms with van der Waals surface area (Å²) in [5.41, 5.74) is 13.0. The SMILES string of the molecule is C/C=C\C.C=Cc1cc(C(=C)c2ccc(NC(=C)/C=C\C(=C)Cl)cc2)ccc1C.CN.Cc1ccccc1. The molecule has 0 saturated carbocycles. The van der Waals surface area contributed by atoms with Crippen molar-refractivity contribution < 1.29 is 0 Å². The van der Waals surface area contributed by atoms with Crippen molar-refractivity contribution in [1.82, 2.24) is 0 Å². The average Bonchev–Trinajstić information content (AvgIpc) is 2.94. The number of allylic oxidation sites excluding steroid dienone is 5. The standard InChI is InChI=1S/C23H22ClN.C7H8.C4H8.CH5N/c1-6-20-15-22(10-7-16(20)2)19(5)21-11-13-23(14-12-21)25-18(4)9-8-17(3)24;1-7-5-3-2-4-6-7;1-3-4-2;1-2/h6-15,25H,1,3-5H2,2H3;2-6H,1H3;3-4H,1-2H3;2H2,1H3/b9-8-;;4-3-;. The maximum absolute atomic E-state index is 5.70. The normalized spacial score (nSPS) is 9.66. The molecule has 0 atom stereocenters. The summed E-state index contributed by atoms with van der Waals surface area (Å²) in [6.45, 7) is 23.8. The van der Waals surface area contributed by atoms with E-state index in [-0.39, 0.29) is 0 Å². The monoisotopic (exact) mass is 526 g/mol. The van der Waals surface area contributed by atoms with Gasteiger partial charge >= 0.3 is 0 Å². The molecule has 3 aromatic carbocycles. The Morgan fingerprint density at radius 2 is 1.34 bits per heavy atom. The lowest BCUT2D eigenvalue weighted by Crippen LogP contribution is -1.95. The van der Waals surface area contributed by atoms with Crippen LogP contribution in [0.3, 0.4) is 0 Å². The Hall–Kier alpha value is -3.85. The van der Waals surface area contributed by atoms with Gasteiger partial charge in [-0.2, -0.15) is 0 Å². The molecule has 0 aromatic heterocycles. The molecule has 2 nitrogen and oxygen atoms in total. The lowest BCUT2D eigenvalue weighted by molar-refractivity contribution is 1.42. The number of rotatable bonds is 7. The van der Waals surface area contributed by atoms with E-state index in [4.69, 9.17) is 11.6 Å². The van der Waals surface area contributed by atoms with E-state index in [1.165, 1.54) is 18.2 Å². The first kappa shape index (κ1) is 34.2. The minimum absolute atomic E-state index is 0.464. The van der Waals surface area contributed by atoms with Crippen molar-refractivity contribution in [1.29, 1.82) is 0 Å². The fraction of sp³-hybridized carbons (Fsp3) is 0.143. The van der Waals surface area contributed by atoms with Crippen molar-refractivity contribution in [2.45, 2.75) is 27.7 Å². The van der Waals surface area contributed by atoms with Crippen LogP contribution in [0.5, 0.6) is 0 Å².